The first-order chi connectivity index (χ1) is 10.3. The highest BCUT2D eigenvalue weighted by Gasteiger charge is 2.24. The van der Waals surface area contributed by atoms with Crippen LogP contribution in [0.5, 0.6) is 0 Å². The van der Waals surface area contributed by atoms with Gasteiger partial charge in [-0.3, -0.25) is 4.39 Å². The predicted octanol–water partition coefficient (Wildman–Crippen LogP) is 3.16. The molecule has 1 saturated heterocycles. The van der Waals surface area contributed by atoms with E-state index < -0.39 is 0 Å². The molecular weight excluding hydrogens is 269 g/mol. The molecule has 0 unspecified atom stereocenters. The Morgan fingerprint density at radius 1 is 1.24 bits per heavy atom. The molecule has 3 rings (SSSR count). The first kappa shape index (κ1) is 14.3. The van der Waals surface area contributed by atoms with Crippen molar-refractivity contribution < 1.29 is 8.81 Å². The van der Waals surface area contributed by atoms with Gasteiger partial charge in [-0.1, -0.05) is 18.2 Å². The summed E-state index contributed by atoms with van der Waals surface area (Å²) in [6, 6.07) is 7.57. The summed E-state index contributed by atoms with van der Waals surface area (Å²) < 4.78 is 18.1. The van der Waals surface area contributed by atoms with E-state index in [1.807, 2.05) is 24.3 Å². The topological polar surface area (TPSA) is 42.2 Å². The Bertz CT molecular complexity index is 674. The minimum atomic E-state index is -0.361. The number of halogens is 1. The van der Waals surface area contributed by atoms with Gasteiger partial charge in [0.1, 0.15) is 5.58 Å². The molecule has 1 N–H and O–H groups in total. The molecule has 1 aliphatic heterocycles. The number of benzene rings is 1. The highest BCUT2D eigenvalue weighted by atomic mass is 19.1. The van der Waals surface area contributed by atoms with E-state index in [9.17, 15) is 9.18 Å². The third kappa shape index (κ3) is 2.86. The summed E-state index contributed by atoms with van der Waals surface area (Å²) in [4.78, 5) is 12.4. The van der Waals surface area contributed by atoms with Crippen LogP contribution in [-0.2, 0) is 6.42 Å². The van der Waals surface area contributed by atoms with E-state index in [0.717, 1.165) is 42.4 Å². The number of para-hydroxylation sites is 1. The van der Waals surface area contributed by atoms with Crippen LogP contribution in [0.1, 0.15) is 36.3 Å². The molecule has 1 aromatic carbocycles. The summed E-state index contributed by atoms with van der Waals surface area (Å²) in [6.45, 7) is 1.47. The molecule has 0 saturated carbocycles. The Hall–Kier alpha value is -1.68. The average molecular weight is 289 g/mol. The minimum Gasteiger partial charge on any atom is -0.423 e. The lowest BCUT2D eigenvalue weighted by Gasteiger charge is -2.24. The lowest BCUT2D eigenvalue weighted by Crippen LogP contribution is -2.30. The van der Waals surface area contributed by atoms with Crippen molar-refractivity contribution in [3.8, 4) is 0 Å². The van der Waals surface area contributed by atoms with Crippen LogP contribution in [-0.4, -0.2) is 19.8 Å². The maximum absolute atomic E-state index is 12.6. The molecule has 0 bridgehead atoms. The normalized spacial score (nSPS) is 16.4. The molecule has 2 heterocycles. The zero-order valence-electron chi connectivity index (χ0n) is 12.0. The molecule has 0 radical (unpaired) electrons. The Labute approximate surface area is 123 Å². The molecular formula is C17H20FNO2. The largest absolute Gasteiger partial charge is 0.423 e. The van der Waals surface area contributed by atoms with E-state index in [1.54, 1.807) is 0 Å². The molecule has 2 aromatic rings. The van der Waals surface area contributed by atoms with E-state index in [4.69, 9.17) is 4.42 Å². The van der Waals surface area contributed by atoms with Gasteiger partial charge in [-0.2, -0.15) is 0 Å². The van der Waals surface area contributed by atoms with Gasteiger partial charge in [0.15, 0.2) is 0 Å². The Balaban J connectivity index is 2.15. The summed E-state index contributed by atoms with van der Waals surface area (Å²) in [5, 5.41) is 4.27. The quantitative estimate of drug-likeness (QED) is 0.879. The number of aryl methyl sites for hydroxylation is 1. The lowest BCUT2D eigenvalue weighted by molar-refractivity contribution is 0.435. The lowest BCUT2D eigenvalue weighted by atomic mass is 9.86. The summed E-state index contributed by atoms with van der Waals surface area (Å²) in [5.74, 6) is 0.224. The Morgan fingerprint density at radius 3 is 2.76 bits per heavy atom. The smallest absolute Gasteiger partial charge is 0.340 e. The van der Waals surface area contributed by atoms with Crippen molar-refractivity contribution in [1.29, 1.82) is 0 Å². The molecule has 4 heteroatoms. The maximum Gasteiger partial charge on any atom is 0.340 e. The van der Waals surface area contributed by atoms with Gasteiger partial charge in [-0.25, -0.2) is 4.79 Å². The third-order valence-corrected chi connectivity index (χ3v) is 4.27. The second-order valence-corrected chi connectivity index (χ2v) is 5.59. The van der Waals surface area contributed by atoms with E-state index in [2.05, 4.69) is 5.32 Å². The highest BCUT2D eigenvalue weighted by Crippen LogP contribution is 2.30. The molecule has 0 atom stereocenters. The Morgan fingerprint density at radius 2 is 2.00 bits per heavy atom. The van der Waals surface area contributed by atoms with Crippen molar-refractivity contribution in [2.75, 3.05) is 19.8 Å². The van der Waals surface area contributed by atoms with Gasteiger partial charge < -0.3 is 9.73 Å². The maximum atomic E-state index is 12.6. The Kier molecular flexibility index (Phi) is 4.34. The van der Waals surface area contributed by atoms with E-state index in [-0.39, 0.29) is 18.2 Å². The first-order valence-corrected chi connectivity index (χ1v) is 7.62. The van der Waals surface area contributed by atoms with Crippen LogP contribution in [0, 0.1) is 0 Å². The van der Waals surface area contributed by atoms with Crippen LogP contribution >= 0.6 is 0 Å². The SMILES string of the molecule is O=c1oc2ccccc2c(CCCF)c1C1CCNCC1. The van der Waals surface area contributed by atoms with Crippen molar-refractivity contribution in [2.24, 2.45) is 0 Å². The van der Waals surface area contributed by atoms with Crippen molar-refractivity contribution in [2.45, 2.75) is 31.6 Å². The van der Waals surface area contributed by atoms with Crippen molar-refractivity contribution in [1.82, 2.24) is 5.32 Å². The van der Waals surface area contributed by atoms with Crippen LogP contribution in [0.15, 0.2) is 33.5 Å². The van der Waals surface area contributed by atoms with Gasteiger partial charge in [0.25, 0.3) is 0 Å². The molecule has 0 spiro atoms. The fourth-order valence-electron chi connectivity index (χ4n) is 3.26. The third-order valence-electron chi connectivity index (χ3n) is 4.27. The molecule has 0 amide bonds. The van der Waals surface area contributed by atoms with Crippen LogP contribution in [0.2, 0.25) is 0 Å². The van der Waals surface area contributed by atoms with E-state index in [1.165, 1.54) is 0 Å². The molecule has 112 valence electrons. The number of hydrogen-bond acceptors (Lipinski definition) is 3. The molecule has 0 aliphatic carbocycles. The van der Waals surface area contributed by atoms with E-state index >= 15 is 0 Å². The number of rotatable bonds is 4. The minimum absolute atomic E-state index is 0.224. The summed E-state index contributed by atoms with van der Waals surface area (Å²) >= 11 is 0. The molecule has 3 nitrogen and oxygen atoms in total. The number of alkyl halides is 1. The van der Waals surface area contributed by atoms with Gasteiger partial charge in [-0.15, -0.1) is 0 Å². The van der Waals surface area contributed by atoms with Crippen LogP contribution in [0.4, 0.5) is 4.39 Å². The van der Waals surface area contributed by atoms with Gasteiger partial charge in [0, 0.05) is 10.9 Å². The molecule has 1 aliphatic rings. The van der Waals surface area contributed by atoms with Gasteiger partial charge in [0.05, 0.1) is 6.67 Å². The first-order valence-electron chi connectivity index (χ1n) is 7.62. The second-order valence-electron chi connectivity index (χ2n) is 5.59. The predicted molar refractivity (Wildman–Crippen MR) is 81.6 cm³/mol. The van der Waals surface area contributed by atoms with Crippen molar-refractivity contribution >= 4 is 11.0 Å². The monoisotopic (exact) mass is 289 g/mol. The van der Waals surface area contributed by atoms with Gasteiger partial charge in [0.2, 0.25) is 0 Å². The average Bonchev–Trinajstić information content (AvgIpc) is 2.53. The molecule has 21 heavy (non-hydrogen) atoms. The second kappa shape index (κ2) is 6.39. The number of piperidine rings is 1. The summed E-state index contributed by atoms with van der Waals surface area (Å²) in [7, 11) is 0. The van der Waals surface area contributed by atoms with Gasteiger partial charge >= 0.3 is 5.63 Å². The number of nitrogens with one attached hydrogen (secondary N) is 1. The number of fused-ring (bicyclic) bond motifs is 1. The summed E-state index contributed by atoms with van der Waals surface area (Å²) in [5.41, 5.74) is 2.14. The standard InChI is InChI=1S/C17H20FNO2/c18-9-3-5-14-13-4-1-2-6-15(13)21-17(20)16(14)12-7-10-19-11-8-12/h1-2,4,6,12,19H,3,5,7-11H2. The van der Waals surface area contributed by atoms with Crippen molar-refractivity contribution in [3.63, 3.8) is 0 Å². The van der Waals surface area contributed by atoms with Gasteiger partial charge in [-0.05, 0) is 56.3 Å². The zero-order valence-corrected chi connectivity index (χ0v) is 12.0. The molecule has 1 aromatic heterocycles. The summed E-state index contributed by atoms with van der Waals surface area (Å²) in [6.07, 6.45) is 2.92. The van der Waals surface area contributed by atoms with Crippen LogP contribution in [0.25, 0.3) is 11.0 Å². The fourth-order valence-corrected chi connectivity index (χ4v) is 3.26. The fraction of sp³-hybridized carbons (Fsp3) is 0.471. The molecule has 1 fully saturated rings. The van der Waals surface area contributed by atoms with Crippen LogP contribution < -0.4 is 10.9 Å². The van der Waals surface area contributed by atoms with Crippen LogP contribution in [0.3, 0.4) is 0 Å². The van der Waals surface area contributed by atoms with Crippen molar-refractivity contribution in [3.05, 3.63) is 45.8 Å². The zero-order chi connectivity index (χ0) is 14.7. The number of hydrogen-bond donors (Lipinski definition) is 1. The van der Waals surface area contributed by atoms with E-state index in [0.29, 0.717) is 18.4 Å². The highest BCUT2D eigenvalue weighted by molar-refractivity contribution is 5.81.